The number of aromatic nitrogens is 2. The van der Waals surface area contributed by atoms with Crippen LogP contribution in [0.15, 0.2) is 223 Å². The molecule has 61 heavy (non-hydrogen) atoms. The Morgan fingerprint density at radius 2 is 0.770 bits per heavy atom. The largest absolute Gasteiger partial charge is 0.456 e. The highest BCUT2D eigenvalue weighted by molar-refractivity contribution is 6.28. The van der Waals surface area contributed by atoms with Gasteiger partial charge in [0.15, 0.2) is 5.82 Å². The molecule has 3 nitrogen and oxygen atoms in total. The first-order valence-electron chi connectivity index (χ1n) is 20.7. The quantitative estimate of drug-likeness (QED) is 0.125. The molecular weight excluding hydrogens is 741 g/mol. The molecule has 284 valence electrons. The van der Waals surface area contributed by atoms with Crippen molar-refractivity contribution in [3.8, 4) is 67.3 Å². The van der Waals surface area contributed by atoms with Crippen molar-refractivity contribution in [2.24, 2.45) is 0 Å². The van der Waals surface area contributed by atoms with Crippen molar-refractivity contribution < 1.29 is 4.42 Å². The lowest BCUT2D eigenvalue weighted by atomic mass is 9.84. The van der Waals surface area contributed by atoms with Gasteiger partial charge in [-0.2, -0.15) is 0 Å². The summed E-state index contributed by atoms with van der Waals surface area (Å²) in [6.45, 7) is 0. The van der Waals surface area contributed by atoms with Gasteiger partial charge in [-0.25, -0.2) is 9.97 Å². The zero-order valence-corrected chi connectivity index (χ0v) is 33.1. The van der Waals surface area contributed by atoms with E-state index in [9.17, 15) is 0 Å². The number of benzene rings is 10. The smallest absolute Gasteiger partial charge is 0.160 e. The third-order valence-corrected chi connectivity index (χ3v) is 12.1. The van der Waals surface area contributed by atoms with E-state index in [4.69, 9.17) is 14.4 Å². The topological polar surface area (TPSA) is 38.9 Å². The van der Waals surface area contributed by atoms with Crippen LogP contribution in [0.1, 0.15) is 0 Å². The summed E-state index contributed by atoms with van der Waals surface area (Å²) < 4.78 is 6.26. The summed E-state index contributed by atoms with van der Waals surface area (Å²) in [7, 11) is 0. The summed E-state index contributed by atoms with van der Waals surface area (Å²) in [5.41, 5.74) is 13.7. The molecule has 0 saturated carbocycles. The van der Waals surface area contributed by atoms with E-state index in [-0.39, 0.29) is 0 Å². The summed E-state index contributed by atoms with van der Waals surface area (Å²) >= 11 is 0. The van der Waals surface area contributed by atoms with E-state index in [0.29, 0.717) is 5.82 Å². The van der Waals surface area contributed by atoms with Crippen molar-refractivity contribution >= 4 is 54.3 Å². The van der Waals surface area contributed by atoms with Crippen molar-refractivity contribution in [1.82, 2.24) is 9.97 Å². The normalized spacial score (nSPS) is 11.6. The number of furan rings is 1. The van der Waals surface area contributed by atoms with E-state index in [2.05, 4.69) is 182 Å². The van der Waals surface area contributed by atoms with Crippen LogP contribution < -0.4 is 0 Å². The highest BCUT2D eigenvalue weighted by Gasteiger charge is 2.19. The Morgan fingerprint density at radius 1 is 0.279 bits per heavy atom. The molecule has 2 heterocycles. The van der Waals surface area contributed by atoms with E-state index in [1.807, 2.05) is 36.4 Å². The molecule has 0 saturated heterocycles. The molecular formula is C58H36N2O. The number of fused-ring (bicyclic) bond motifs is 7. The average Bonchev–Trinajstić information content (AvgIpc) is 3.72. The predicted octanol–water partition coefficient (Wildman–Crippen LogP) is 15.8. The van der Waals surface area contributed by atoms with Gasteiger partial charge < -0.3 is 4.42 Å². The van der Waals surface area contributed by atoms with Crippen molar-refractivity contribution in [3.63, 3.8) is 0 Å². The maximum absolute atomic E-state index is 6.26. The predicted molar refractivity (Wildman–Crippen MR) is 254 cm³/mol. The van der Waals surface area contributed by atoms with Gasteiger partial charge in [-0.05, 0) is 90.0 Å². The molecule has 0 aliphatic rings. The van der Waals surface area contributed by atoms with Gasteiger partial charge in [0.05, 0.1) is 11.4 Å². The van der Waals surface area contributed by atoms with Crippen LogP contribution in [0.5, 0.6) is 0 Å². The van der Waals surface area contributed by atoms with Crippen molar-refractivity contribution in [2.75, 3.05) is 0 Å². The molecule has 0 radical (unpaired) electrons. The third-order valence-electron chi connectivity index (χ3n) is 12.1. The van der Waals surface area contributed by atoms with Gasteiger partial charge in [-0.3, -0.25) is 0 Å². The molecule has 0 aliphatic carbocycles. The van der Waals surface area contributed by atoms with Crippen LogP contribution in [0, 0.1) is 0 Å². The van der Waals surface area contributed by atoms with Crippen LogP contribution in [0.2, 0.25) is 0 Å². The van der Waals surface area contributed by atoms with E-state index in [0.717, 1.165) is 61.1 Å². The van der Waals surface area contributed by atoms with Crippen LogP contribution in [0.25, 0.3) is 122 Å². The summed E-state index contributed by atoms with van der Waals surface area (Å²) in [5, 5.41) is 9.76. The molecule has 2 aromatic heterocycles. The molecule has 12 aromatic rings. The van der Waals surface area contributed by atoms with Crippen molar-refractivity contribution in [1.29, 1.82) is 0 Å². The first kappa shape index (κ1) is 34.9. The Bertz CT molecular complexity index is 3610. The lowest BCUT2D eigenvalue weighted by molar-refractivity contribution is 0.669. The fraction of sp³-hybridized carbons (Fsp3) is 0. The molecule has 0 bridgehead atoms. The van der Waals surface area contributed by atoms with Crippen LogP contribution >= 0.6 is 0 Å². The molecule has 12 rings (SSSR count). The summed E-state index contributed by atoms with van der Waals surface area (Å²) in [6.07, 6.45) is 0. The molecule has 0 atom stereocenters. The first-order valence-corrected chi connectivity index (χ1v) is 20.7. The Labute approximate surface area is 352 Å². The van der Waals surface area contributed by atoms with Crippen LogP contribution in [-0.2, 0) is 0 Å². The highest BCUT2D eigenvalue weighted by atomic mass is 16.3. The zero-order valence-electron chi connectivity index (χ0n) is 33.1. The lowest BCUT2D eigenvalue weighted by Crippen LogP contribution is -1.96. The molecule has 0 aliphatic heterocycles. The Kier molecular flexibility index (Phi) is 8.17. The van der Waals surface area contributed by atoms with E-state index >= 15 is 0 Å². The summed E-state index contributed by atoms with van der Waals surface area (Å²) in [5.74, 6) is 0.683. The standard InChI is InChI=1S/C58H36N2O/c1-3-14-41(15-4-1)56-49-21-10-9-20-48(49)55(50-34-31-39-13-7-8-18-45(39)57(50)56)42-29-25-38(26-30-42)37-23-27-40(28-24-37)51-36-52(60-58(59-51)43-16-5-2-6-17-43)44-32-33-47-46-19-11-12-22-53(46)61-54(47)35-44/h1-36H. The summed E-state index contributed by atoms with van der Waals surface area (Å²) in [4.78, 5) is 10.2. The van der Waals surface area contributed by atoms with Crippen LogP contribution in [-0.4, -0.2) is 9.97 Å². The Balaban J connectivity index is 0.935. The highest BCUT2D eigenvalue weighted by Crippen LogP contribution is 2.46. The van der Waals surface area contributed by atoms with Gasteiger partial charge in [-0.15, -0.1) is 0 Å². The number of hydrogen-bond acceptors (Lipinski definition) is 3. The SMILES string of the molecule is c1ccc(-c2nc(-c3ccc(-c4ccc(-c5c6ccccc6c(-c6ccccc6)c6c5ccc5ccccc56)cc4)cc3)cc(-c3ccc4c(c3)oc3ccccc34)n2)cc1. The molecule has 0 spiro atoms. The van der Waals surface area contributed by atoms with Gasteiger partial charge in [0.25, 0.3) is 0 Å². The van der Waals surface area contributed by atoms with E-state index in [1.54, 1.807) is 0 Å². The van der Waals surface area contributed by atoms with Gasteiger partial charge in [0, 0.05) is 27.5 Å². The molecule has 10 aromatic carbocycles. The third kappa shape index (κ3) is 5.98. The first-order chi connectivity index (χ1) is 30.2. The number of hydrogen-bond donors (Lipinski definition) is 0. The second-order valence-electron chi connectivity index (χ2n) is 15.7. The number of rotatable bonds is 6. The molecule has 0 fully saturated rings. The minimum atomic E-state index is 0.683. The maximum Gasteiger partial charge on any atom is 0.160 e. The molecule has 3 heteroatoms. The fourth-order valence-electron chi connectivity index (χ4n) is 9.17. The van der Waals surface area contributed by atoms with E-state index < -0.39 is 0 Å². The van der Waals surface area contributed by atoms with Gasteiger partial charge >= 0.3 is 0 Å². The monoisotopic (exact) mass is 776 g/mol. The minimum Gasteiger partial charge on any atom is -0.456 e. The molecule has 0 unspecified atom stereocenters. The zero-order chi connectivity index (χ0) is 40.3. The van der Waals surface area contributed by atoms with E-state index in [1.165, 1.54) is 54.6 Å². The van der Waals surface area contributed by atoms with Crippen molar-refractivity contribution in [3.05, 3.63) is 218 Å². The van der Waals surface area contributed by atoms with Gasteiger partial charge in [0.2, 0.25) is 0 Å². The molecule has 0 N–H and O–H groups in total. The molecule has 0 amide bonds. The number of para-hydroxylation sites is 1. The Hall–Kier alpha value is -8.14. The maximum atomic E-state index is 6.26. The second-order valence-corrected chi connectivity index (χ2v) is 15.7. The minimum absolute atomic E-state index is 0.683. The fourth-order valence-corrected chi connectivity index (χ4v) is 9.17. The summed E-state index contributed by atoms with van der Waals surface area (Å²) in [6, 6.07) is 77.6. The average molecular weight is 777 g/mol. The second kappa shape index (κ2) is 14.3. The number of nitrogens with zero attached hydrogens (tertiary/aromatic N) is 2. The van der Waals surface area contributed by atoms with Gasteiger partial charge in [0.1, 0.15) is 11.2 Å². The van der Waals surface area contributed by atoms with Crippen LogP contribution in [0.4, 0.5) is 0 Å². The van der Waals surface area contributed by atoms with Crippen molar-refractivity contribution in [2.45, 2.75) is 0 Å². The van der Waals surface area contributed by atoms with Crippen LogP contribution in [0.3, 0.4) is 0 Å². The lowest BCUT2D eigenvalue weighted by Gasteiger charge is -2.19. The van der Waals surface area contributed by atoms with Gasteiger partial charge in [-0.1, -0.05) is 194 Å². The Morgan fingerprint density at radius 3 is 1.49 bits per heavy atom.